The van der Waals surface area contributed by atoms with E-state index in [0.29, 0.717) is 0 Å². The molecule has 18 heavy (non-hydrogen) atoms. The van der Waals surface area contributed by atoms with Crippen molar-refractivity contribution in [3.8, 4) is 0 Å². The summed E-state index contributed by atoms with van der Waals surface area (Å²) in [5.41, 5.74) is 3.40. The first-order valence-corrected chi connectivity index (χ1v) is 6.89. The van der Waals surface area contributed by atoms with E-state index in [-0.39, 0.29) is 0 Å². The predicted molar refractivity (Wildman–Crippen MR) is 74.6 cm³/mol. The van der Waals surface area contributed by atoms with Crippen LogP contribution in [-0.4, -0.2) is 35.1 Å². The Hall–Kier alpha value is -1.36. The van der Waals surface area contributed by atoms with Gasteiger partial charge < -0.3 is 10.7 Å². The Morgan fingerprint density at radius 3 is 2.56 bits per heavy atom. The van der Waals surface area contributed by atoms with Crippen molar-refractivity contribution in [2.75, 3.05) is 30.9 Å². The molecular formula is C13H23N5. The fraction of sp³-hybridized carbons (Fsp3) is 0.692. The molecule has 0 radical (unpaired) electrons. The van der Waals surface area contributed by atoms with Gasteiger partial charge in [-0.1, -0.05) is 13.3 Å². The first-order chi connectivity index (χ1) is 8.81. The number of aryl methyl sites for hydroxylation is 1. The maximum atomic E-state index is 4.56. The zero-order valence-corrected chi connectivity index (χ0v) is 11.4. The third kappa shape index (κ3) is 3.57. The maximum absolute atomic E-state index is 4.56. The topological polar surface area (TPSA) is 53.1 Å². The first kappa shape index (κ1) is 13.1. The SMILES string of the molecule is CCCc1nc(NC)cc(NN2CCCCC2)n1. The Morgan fingerprint density at radius 1 is 1.17 bits per heavy atom. The number of hydrogen-bond donors (Lipinski definition) is 2. The highest BCUT2D eigenvalue weighted by Crippen LogP contribution is 2.15. The monoisotopic (exact) mass is 249 g/mol. The van der Waals surface area contributed by atoms with Gasteiger partial charge in [0, 0.05) is 32.6 Å². The fourth-order valence-corrected chi connectivity index (χ4v) is 2.19. The number of piperidine rings is 1. The minimum Gasteiger partial charge on any atom is -0.373 e. The van der Waals surface area contributed by atoms with E-state index < -0.39 is 0 Å². The Balaban J connectivity index is 2.07. The van der Waals surface area contributed by atoms with Crippen LogP contribution in [0.2, 0.25) is 0 Å². The van der Waals surface area contributed by atoms with Crippen molar-refractivity contribution in [1.29, 1.82) is 0 Å². The molecule has 0 aromatic carbocycles. The van der Waals surface area contributed by atoms with Crippen LogP contribution in [0.4, 0.5) is 11.6 Å². The molecule has 5 heteroatoms. The number of hydrogen-bond acceptors (Lipinski definition) is 5. The van der Waals surface area contributed by atoms with Gasteiger partial charge in [-0.05, 0) is 19.3 Å². The molecule has 100 valence electrons. The van der Waals surface area contributed by atoms with Crippen LogP contribution < -0.4 is 10.7 Å². The lowest BCUT2D eigenvalue weighted by atomic mass is 10.2. The molecule has 1 saturated heterocycles. The molecule has 1 aromatic heterocycles. The Kier molecular flexibility index (Phi) is 4.75. The highest BCUT2D eigenvalue weighted by molar-refractivity contribution is 5.46. The molecule has 0 amide bonds. The third-order valence-electron chi connectivity index (χ3n) is 3.13. The average Bonchev–Trinajstić information content (AvgIpc) is 2.40. The fourth-order valence-electron chi connectivity index (χ4n) is 2.19. The van der Waals surface area contributed by atoms with Crippen LogP contribution in [0.1, 0.15) is 38.4 Å². The number of nitrogens with one attached hydrogen (secondary N) is 2. The third-order valence-corrected chi connectivity index (χ3v) is 3.13. The van der Waals surface area contributed by atoms with Crippen molar-refractivity contribution in [1.82, 2.24) is 15.0 Å². The van der Waals surface area contributed by atoms with Gasteiger partial charge in [0.1, 0.15) is 17.5 Å². The quantitative estimate of drug-likeness (QED) is 0.838. The van der Waals surface area contributed by atoms with Crippen molar-refractivity contribution in [2.24, 2.45) is 0 Å². The van der Waals surface area contributed by atoms with Crippen molar-refractivity contribution >= 4 is 11.6 Å². The normalized spacial score (nSPS) is 16.6. The zero-order chi connectivity index (χ0) is 12.8. The van der Waals surface area contributed by atoms with Crippen molar-refractivity contribution < 1.29 is 0 Å². The molecule has 1 aromatic rings. The number of nitrogens with zero attached hydrogens (tertiary/aromatic N) is 3. The van der Waals surface area contributed by atoms with Gasteiger partial charge in [-0.15, -0.1) is 0 Å². The molecule has 5 nitrogen and oxygen atoms in total. The van der Waals surface area contributed by atoms with E-state index in [1.165, 1.54) is 19.3 Å². The summed E-state index contributed by atoms with van der Waals surface area (Å²) >= 11 is 0. The lowest BCUT2D eigenvalue weighted by Gasteiger charge is -2.27. The van der Waals surface area contributed by atoms with E-state index in [1.54, 1.807) is 0 Å². The van der Waals surface area contributed by atoms with E-state index in [4.69, 9.17) is 0 Å². The van der Waals surface area contributed by atoms with Gasteiger partial charge in [0.05, 0.1) is 0 Å². The lowest BCUT2D eigenvalue weighted by molar-refractivity contribution is 0.272. The van der Waals surface area contributed by atoms with Crippen LogP contribution >= 0.6 is 0 Å². The molecular weight excluding hydrogens is 226 g/mol. The predicted octanol–water partition coefficient (Wildman–Crippen LogP) is 2.28. The largest absolute Gasteiger partial charge is 0.373 e. The molecule has 0 aliphatic carbocycles. The summed E-state index contributed by atoms with van der Waals surface area (Å²) < 4.78 is 0. The summed E-state index contributed by atoms with van der Waals surface area (Å²) in [4.78, 5) is 9.02. The minimum absolute atomic E-state index is 0.882. The molecule has 2 rings (SSSR count). The molecule has 0 bridgehead atoms. The second-order valence-corrected chi connectivity index (χ2v) is 4.71. The van der Waals surface area contributed by atoms with Crippen LogP contribution in [0.15, 0.2) is 6.07 Å². The number of anilines is 2. The molecule has 1 fully saturated rings. The highest BCUT2D eigenvalue weighted by atomic mass is 15.5. The molecule has 2 N–H and O–H groups in total. The van der Waals surface area contributed by atoms with Gasteiger partial charge in [-0.25, -0.2) is 15.0 Å². The summed E-state index contributed by atoms with van der Waals surface area (Å²) in [6.07, 6.45) is 5.85. The van der Waals surface area contributed by atoms with Gasteiger partial charge in [0.25, 0.3) is 0 Å². The van der Waals surface area contributed by atoms with Gasteiger partial charge in [-0.3, -0.25) is 0 Å². The number of rotatable bonds is 5. The maximum Gasteiger partial charge on any atom is 0.146 e. The van der Waals surface area contributed by atoms with E-state index >= 15 is 0 Å². The summed E-state index contributed by atoms with van der Waals surface area (Å²) in [5.74, 6) is 2.69. The number of hydrazine groups is 1. The standard InChI is InChI=1S/C13H23N5/c1-3-7-11-15-12(14-2)10-13(16-11)17-18-8-5-4-6-9-18/h10H,3-9H2,1-2H3,(H2,14,15,16,17). The van der Waals surface area contributed by atoms with Crippen molar-refractivity contribution in [2.45, 2.75) is 39.0 Å². The van der Waals surface area contributed by atoms with E-state index in [0.717, 1.165) is 43.4 Å². The molecule has 0 unspecified atom stereocenters. The summed E-state index contributed by atoms with van der Waals surface area (Å²) in [7, 11) is 1.89. The number of aromatic nitrogens is 2. The Labute approximate surface area is 109 Å². The molecule has 1 aliphatic rings. The smallest absolute Gasteiger partial charge is 0.146 e. The van der Waals surface area contributed by atoms with Crippen LogP contribution in [0, 0.1) is 0 Å². The molecule has 1 aliphatic heterocycles. The second-order valence-electron chi connectivity index (χ2n) is 4.71. The Bertz CT molecular complexity index is 374. The van der Waals surface area contributed by atoms with Crippen LogP contribution in [0.3, 0.4) is 0 Å². The average molecular weight is 249 g/mol. The Morgan fingerprint density at radius 2 is 1.89 bits per heavy atom. The van der Waals surface area contributed by atoms with E-state index in [2.05, 4.69) is 32.6 Å². The van der Waals surface area contributed by atoms with E-state index in [1.807, 2.05) is 13.1 Å². The summed E-state index contributed by atoms with van der Waals surface area (Å²) in [6, 6.07) is 1.97. The molecule has 0 saturated carbocycles. The zero-order valence-electron chi connectivity index (χ0n) is 11.4. The first-order valence-electron chi connectivity index (χ1n) is 6.89. The highest BCUT2D eigenvalue weighted by Gasteiger charge is 2.11. The van der Waals surface area contributed by atoms with Crippen LogP contribution in [-0.2, 0) is 6.42 Å². The minimum atomic E-state index is 0.882. The molecule has 2 heterocycles. The lowest BCUT2D eigenvalue weighted by Crippen LogP contribution is -2.35. The summed E-state index contributed by atoms with van der Waals surface area (Å²) in [5, 5.41) is 5.34. The van der Waals surface area contributed by atoms with Crippen molar-refractivity contribution in [3.63, 3.8) is 0 Å². The van der Waals surface area contributed by atoms with Crippen LogP contribution in [0.5, 0.6) is 0 Å². The molecule has 0 atom stereocenters. The van der Waals surface area contributed by atoms with Crippen LogP contribution in [0.25, 0.3) is 0 Å². The van der Waals surface area contributed by atoms with E-state index in [9.17, 15) is 0 Å². The van der Waals surface area contributed by atoms with Gasteiger partial charge in [-0.2, -0.15) is 0 Å². The van der Waals surface area contributed by atoms with Gasteiger partial charge in [0.2, 0.25) is 0 Å². The summed E-state index contributed by atoms with van der Waals surface area (Å²) in [6.45, 7) is 4.34. The molecule has 0 spiro atoms. The van der Waals surface area contributed by atoms with Gasteiger partial charge in [0.15, 0.2) is 0 Å². The van der Waals surface area contributed by atoms with Crippen molar-refractivity contribution in [3.05, 3.63) is 11.9 Å². The van der Waals surface area contributed by atoms with Gasteiger partial charge >= 0.3 is 0 Å². The second kappa shape index (κ2) is 6.54.